The number of carbonyl (C=O) groups is 3. The Labute approximate surface area is 299 Å². The number of quaternary nitrogens is 1. The Morgan fingerprint density at radius 3 is 1.78 bits per heavy atom. The summed E-state index contributed by atoms with van der Waals surface area (Å²) in [7, 11) is 5.48. The van der Waals surface area contributed by atoms with E-state index in [0.717, 1.165) is 51.4 Å². The van der Waals surface area contributed by atoms with Gasteiger partial charge in [-0.05, 0) is 51.4 Å². The number of likely N-dealkylation sites (N-methyl/N-ethyl adjacent to an activating group) is 1. The molecule has 0 aromatic rings. The Morgan fingerprint density at radius 2 is 1.20 bits per heavy atom. The average molecular weight is 691 g/mol. The maximum atomic E-state index is 12.6. The monoisotopic (exact) mass is 691 g/mol. The molecule has 282 valence electrons. The molecular weight excluding hydrogens is 618 g/mol. The lowest BCUT2D eigenvalue weighted by Gasteiger charge is -2.31. The summed E-state index contributed by atoms with van der Waals surface area (Å²) < 4.78 is 17.0. The lowest BCUT2D eigenvalue weighted by atomic mass is 10.1. The van der Waals surface area contributed by atoms with Crippen LogP contribution in [0.15, 0.2) is 48.6 Å². The molecule has 0 saturated carbocycles. The summed E-state index contributed by atoms with van der Waals surface area (Å²) in [6.45, 7) is 4.47. The quantitative estimate of drug-likeness (QED) is 0.0317. The number of hydrogen-bond acceptors (Lipinski definition) is 6. The van der Waals surface area contributed by atoms with E-state index in [1.807, 2.05) is 27.2 Å². The largest absolute Gasteiger partial charge is 0.477 e. The maximum absolute atomic E-state index is 12.6. The van der Waals surface area contributed by atoms with Crippen LogP contribution in [0.2, 0.25) is 0 Å². The second-order valence-corrected chi connectivity index (χ2v) is 13.8. The number of hydrogen-bond donors (Lipinski definition) is 1. The van der Waals surface area contributed by atoms with E-state index in [1.165, 1.54) is 57.8 Å². The number of carbonyl (C=O) groups excluding carboxylic acids is 2. The SMILES string of the molecule is CC/C=C/C/C=C/C/C=C/CC(=O)OCC(COCCC(C(=O)O)[N+](C)(C)C)OC(=O)CCCCCCC/C=C/CCCCCCCCC. The first kappa shape index (κ1) is 46.3. The predicted molar refractivity (Wildman–Crippen MR) is 201 cm³/mol. The van der Waals surface area contributed by atoms with E-state index < -0.39 is 24.1 Å². The molecule has 2 atom stereocenters. The molecule has 0 heterocycles. The molecule has 0 aliphatic heterocycles. The van der Waals surface area contributed by atoms with Gasteiger partial charge in [-0.3, -0.25) is 9.59 Å². The zero-order valence-electron chi connectivity index (χ0n) is 31.9. The molecule has 0 spiro atoms. The molecule has 0 bridgehead atoms. The van der Waals surface area contributed by atoms with Crippen molar-refractivity contribution in [2.24, 2.45) is 0 Å². The van der Waals surface area contributed by atoms with Gasteiger partial charge in [-0.15, -0.1) is 0 Å². The van der Waals surface area contributed by atoms with Crippen LogP contribution in [-0.2, 0) is 28.6 Å². The van der Waals surface area contributed by atoms with Crippen molar-refractivity contribution in [2.45, 2.75) is 154 Å². The third-order valence-corrected chi connectivity index (χ3v) is 8.25. The minimum absolute atomic E-state index is 0.0299. The number of aliphatic carboxylic acids is 1. The van der Waals surface area contributed by atoms with Crippen LogP contribution in [0, 0.1) is 0 Å². The Balaban J connectivity index is 4.47. The summed E-state index contributed by atoms with van der Waals surface area (Å²) in [6.07, 6.45) is 36.2. The highest BCUT2D eigenvalue weighted by molar-refractivity contribution is 5.72. The smallest absolute Gasteiger partial charge is 0.362 e. The van der Waals surface area contributed by atoms with Crippen molar-refractivity contribution in [3.63, 3.8) is 0 Å². The fourth-order valence-electron chi connectivity index (χ4n) is 5.26. The van der Waals surface area contributed by atoms with Crippen molar-refractivity contribution in [2.75, 3.05) is 41.0 Å². The van der Waals surface area contributed by atoms with Gasteiger partial charge in [0.1, 0.15) is 6.61 Å². The fraction of sp³-hybridized carbons (Fsp3) is 0.732. The molecule has 49 heavy (non-hydrogen) atoms. The zero-order chi connectivity index (χ0) is 36.4. The van der Waals surface area contributed by atoms with Gasteiger partial charge >= 0.3 is 17.9 Å². The molecule has 8 heteroatoms. The number of nitrogens with zero attached hydrogens (tertiary/aromatic N) is 1. The molecule has 2 unspecified atom stereocenters. The van der Waals surface area contributed by atoms with Gasteiger partial charge in [0, 0.05) is 12.8 Å². The molecule has 0 aromatic carbocycles. The summed E-state index contributed by atoms with van der Waals surface area (Å²) in [5, 5.41) is 9.57. The number of rotatable bonds is 33. The molecular formula is C41H72NO7+. The van der Waals surface area contributed by atoms with Crippen molar-refractivity contribution >= 4 is 17.9 Å². The van der Waals surface area contributed by atoms with E-state index >= 15 is 0 Å². The van der Waals surface area contributed by atoms with Crippen LogP contribution in [0.5, 0.6) is 0 Å². The van der Waals surface area contributed by atoms with Gasteiger partial charge in [-0.2, -0.15) is 0 Å². The molecule has 1 N–H and O–H groups in total. The van der Waals surface area contributed by atoms with E-state index in [1.54, 1.807) is 6.08 Å². The van der Waals surface area contributed by atoms with Gasteiger partial charge in [-0.1, -0.05) is 120 Å². The molecule has 0 fully saturated rings. The van der Waals surface area contributed by atoms with Crippen molar-refractivity contribution in [3.8, 4) is 0 Å². The minimum atomic E-state index is -0.889. The molecule has 0 aromatic heterocycles. The number of ether oxygens (including phenoxy) is 3. The summed E-state index contributed by atoms with van der Waals surface area (Å²) >= 11 is 0. The van der Waals surface area contributed by atoms with Crippen LogP contribution < -0.4 is 0 Å². The van der Waals surface area contributed by atoms with Crippen molar-refractivity contribution in [3.05, 3.63) is 48.6 Å². The Morgan fingerprint density at radius 1 is 0.653 bits per heavy atom. The maximum Gasteiger partial charge on any atom is 0.362 e. The van der Waals surface area contributed by atoms with E-state index in [9.17, 15) is 19.5 Å². The molecule has 0 amide bonds. The van der Waals surface area contributed by atoms with Crippen LogP contribution >= 0.6 is 0 Å². The molecule has 0 saturated heterocycles. The highest BCUT2D eigenvalue weighted by atomic mass is 16.6. The Bertz CT molecular complexity index is 948. The minimum Gasteiger partial charge on any atom is -0.477 e. The van der Waals surface area contributed by atoms with E-state index in [0.29, 0.717) is 12.8 Å². The van der Waals surface area contributed by atoms with E-state index in [4.69, 9.17) is 14.2 Å². The third kappa shape index (κ3) is 31.0. The van der Waals surface area contributed by atoms with Gasteiger partial charge < -0.3 is 23.8 Å². The predicted octanol–water partition coefficient (Wildman–Crippen LogP) is 9.68. The summed E-state index contributed by atoms with van der Waals surface area (Å²) in [6, 6.07) is -0.626. The topological polar surface area (TPSA) is 99.1 Å². The van der Waals surface area contributed by atoms with Crippen LogP contribution in [-0.4, -0.2) is 80.6 Å². The lowest BCUT2D eigenvalue weighted by molar-refractivity contribution is -0.887. The van der Waals surface area contributed by atoms with Gasteiger partial charge in [0.2, 0.25) is 0 Å². The van der Waals surface area contributed by atoms with Crippen LogP contribution in [0.3, 0.4) is 0 Å². The van der Waals surface area contributed by atoms with Crippen molar-refractivity contribution < 1.29 is 38.2 Å². The zero-order valence-corrected chi connectivity index (χ0v) is 31.9. The number of esters is 2. The van der Waals surface area contributed by atoms with Crippen molar-refractivity contribution in [1.82, 2.24) is 0 Å². The van der Waals surface area contributed by atoms with Gasteiger partial charge in [0.05, 0.1) is 40.8 Å². The number of carboxylic acid groups (broad SMARTS) is 1. The van der Waals surface area contributed by atoms with Gasteiger partial charge in [-0.25, -0.2) is 4.79 Å². The molecule has 0 aliphatic rings. The number of carboxylic acids is 1. The Hall–Kier alpha value is -2.71. The second-order valence-electron chi connectivity index (χ2n) is 13.8. The normalized spacial score (nSPS) is 13.6. The number of allylic oxidation sites excluding steroid dienone is 7. The van der Waals surface area contributed by atoms with Crippen molar-refractivity contribution in [1.29, 1.82) is 0 Å². The average Bonchev–Trinajstić information content (AvgIpc) is 3.05. The first-order valence-electron chi connectivity index (χ1n) is 19.2. The van der Waals surface area contributed by atoms with Gasteiger partial charge in [0.15, 0.2) is 12.1 Å². The highest BCUT2D eigenvalue weighted by Crippen LogP contribution is 2.12. The first-order valence-corrected chi connectivity index (χ1v) is 19.2. The van der Waals surface area contributed by atoms with E-state index in [-0.39, 0.29) is 36.7 Å². The van der Waals surface area contributed by atoms with Crippen LogP contribution in [0.4, 0.5) is 0 Å². The lowest BCUT2D eigenvalue weighted by Crippen LogP contribution is -2.50. The van der Waals surface area contributed by atoms with Crippen LogP contribution in [0.1, 0.15) is 142 Å². The van der Waals surface area contributed by atoms with Gasteiger partial charge in [0.25, 0.3) is 0 Å². The molecule has 0 aliphatic carbocycles. The Kier molecular flexibility index (Phi) is 30.7. The molecule has 0 radical (unpaired) electrons. The first-order chi connectivity index (χ1) is 23.6. The fourth-order valence-corrected chi connectivity index (χ4v) is 5.26. The third-order valence-electron chi connectivity index (χ3n) is 8.25. The van der Waals surface area contributed by atoms with Crippen LogP contribution in [0.25, 0.3) is 0 Å². The second kappa shape index (κ2) is 32.5. The number of unbranched alkanes of at least 4 members (excludes halogenated alkanes) is 12. The highest BCUT2D eigenvalue weighted by Gasteiger charge is 2.31. The summed E-state index contributed by atoms with van der Waals surface area (Å²) in [4.78, 5) is 36.6. The van der Waals surface area contributed by atoms with E-state index in [2.05, 4.69) is 50.3 Å². The summed E-state index contributed by atoms with van der Waals surface area (Å²) in [5.74, 6) is -1.64. The molecule has 8 nitrogen and oxygen atoms in total. The molecule has 0 rings (SSSR count). The standard InChI is InChI=1S/C41H71NO7/c1-6-8-10-12-14-16-17-18-19-20-21-22-24-26-28-30-32-40(44)49-37(35-47-34-33-38(41(45)46)42(3,4)5)36-48-39(43)31-29-27-25-23-15-13-11-9-7-2/h9,11,15,19-20,23,27,29,37-38H,6-8,10,12-14,16-18,21-22,24-26,28,30-36H2,1-5H3/p+1/b11-9+,20-19+,23-15+,29-27+. The summed E-state index contributed by atoms with van der Waals surface area (Å²) in [5.41, 5.74) is 0.